The summed E-state index contributed by atoms with van der Waals surface area (Å²) in [6.45, 7) is 0.949. The third kappa shape index (κ3) is 3.29. The number of aliphatic hydroxyl groups is 1. The van der Waals surface area contributed by atoms with Crippen molar-refractivity contribution in [2.45, 2.75) is 13.1 Å². The van der Waals surface area contributed by atoms with Crippen molar-refractivity contribution in [2.75, 3.05) is 19.5 Å². The molecule has 3 aromatic heterocycles. The van der Waals surface area contributed by atoms with E-state index >= 15 is 0 Å². The van der Waals surface area contributed by atoms with Crippen LogP contribution in [-0.4, -0.2) is 53.6 Å². The first-order valence-corrected chi connectivity index (χ1v) is 8.32. The number of anilines is 1. The quantitative estimate of drug-likeness (QED) is 0.510. The molecule has 0 fully saturated rings. The van der Waals surface area contributed by atoms with E-state index in [0.29, 0.717) is 35.7 Å². The van der Waals surface area contributed by atoms with Gasteiger partial charge in [0, 0.05) is 11.6 Å². The van der Waals surface area contributed by atoms with Gasteiger partial charge in [-0.3, -0.25) is 4.68 Å². The minimum Gasteiger partial charge on any atom is -0.494 e. The molecule has 0 bridgehead atoms. The van der Waals surface area contributed by atoms with Gasteiger partial charge in [0.25, 0.3) is 0 Å². The lowest BCUT2D eigenvalue weighted by molar-refractivity contribution is 0.269. The molecular weight excluding hydrogens is 348 g/mol. The number of rotatable bonds is 6. The van der Waals surface area contributed by atoms with Crippen LogP contribution in [0.1, 0.15) is 5.69 Å². The fourth-order valence-corrected chi connectivity index (χ4v) is 2.87. The highest BCUT2D eigenvalue weighted by Crippen LogP contribution is 2.30. The van der Waals surface area contributed by atoms with Crippen molar-refractivity contribution >= 4 is 16.9 Å². The molecule has 27 heavy (non-hydrogen) atoms. The lowest BCUT2D eigenvalue weighted by Gasteiger charge is -2.07. The van der Waals surface area contributed by atoms with E-state index in [9.17, 15) is 0 Å². The molecule has 0 saturated carbocycles. The lowest BCUT2D eigenvalue weighted by atomic mass is 10.1. The number of nitrogens with zero attached hydrogens (tertiary/aromatic N) is 7. The molecule has 4 aromatic rings. The summed E-state index contributed by atoms with van der Waals surface area (Å²) in [6.07, 6.45) is 3.60. The highest BCUT2D eigenvalue weighted by molar-refractivity contribution is 5.95. The van der Waals surface area contributed by atoms with Crippen LogP contribution in [-0.2, 0) is 13.1 Å². The van der Waals surface area contributed by atoms with Crippen molar-refractivity contribution in [1.29, 1.82) is 0 Å². The summed E-state index contributed by atoms with van der Waals surface area (Å²) < 4.78 is 8.71. The molecule has 10 heteroatoms. The molecule has 0 spiro atoms. The van der Waals surface area contributed by atoms with Crippen molar-refractivity contribution in [1.82, 2.24) is 34.7 Å². The molecule has 0 unspecified atom stereocenters. The van der Waals surface area contributed by atoms with Crippen LogP contribution in [0, 0.1) is 0 Å². The van der Waals surface area contributed by atoms with E-state index in [1.807, 2.05) is 30.5 Å². The van der Waals surface area contributed by atoms with Crippen molar-refractivity contribution in [3.05, 3.63) is 42.4 Å². The average molecular weight is 366 g/mol. The first kappa shape index (κ1) is 16.9. The Morgan fingerprint density at radius 2 is 2.07 bits per heavy atom. The molecule has 0 aliphatic rings. The van der Waals surface area contributed by atoms with E-state index in [4.69, 9.17) is 15.6 Å². The number of fused-ring (bicyclic) bond motifs is 1. The minimum atomic E-state index is 0.0419. The van der Waals surface area contributed by atoms with Gasteiger partial charge in [-0.15, -0.1) is 5.10 Å². The van der Waals surface area contributed by atoms with Crippen LogP contribution in [0.15, 0.2) is 36.7 Å². The maximum Gasteiger partial charge on any atom is 0.221 e. The molecule has 138 valence electrons. The van der Waals surface area contributed by atoms with Gasteiger partial charge in [-0.25, -0.2) is 14.6 Å². The zero-order valence-corrected chi connectivity index (χ0v) is 14.6. The molecule has 3 heterocycles. The van der Waals surface area contributed by atoms with Crippen LogP contribution >= 0.6 is 0 Å². The average Bonchev–Trinajstić information content (AvgIpc) is 3.31. The Balaban J connectivity index is 1.68. The minimum absolute atomic E-state index is 0.0419. The number of nitrogen functional groups attached to an aromatic ring is 1. The molecule has 0 saturated heterocycles. The van der Waals surface area contributed by atoms with Crippen LogP contribution in [0.5, 0.6) is 5.75 Å². The van der Waals surface area contributed by atoms with Gasteiger partial charge in [-0.1, -0.05) is 17.3 Å². The van der Waals surface area contributed by atoms with Crippen LogP contribution in [0.2, 0.25) is 0 Å². The SMILES string of the molecule is COc1cccc2c(-c3cn(Cc4ccn(CCO)n4)nn3)nc(N)nc12. The summed E-state index contributed by atoms with van der Waals surface area (Å²) in [6, 6.07) is 7.45. The maximum atomic E-state index is 8.97. The fraction of sp³-hybridized carbons (Fsp3) is 0.235. The third-order valence-corrected chi connectivity index (χ3v) is 4.06. The first-order chi connectivity index (χ1) is 13.2. The molecule has 10 nitrogen and oxygen atoms in total. The predicted octanol–water partition coefficient (Wildman–Crippen LogP) is 0.716. The summed E-state index contributed by atoms with van der Waals surface area (Å²) in [5, 5.41) is 22.5. The Bertz CT molecular complexity index is 1090. The Hall–Kier alpha value is -3.53. The van der Waals surface area contributed by atoms with Gasteiger partial charge in [0.15, 0.2) is 0 Å². The molecule has 0 amide bonds. The van der Waals surface area contributed by atoms with E-state index in [-0.39, 0.29) is 12.6 Å². The Labute approximate surface area is 154 Å². The number of hydrogen-bond donors (Lipinski definition) is 2. The molecule has 0 aliphatic heterocycles. The van der Waals surface area contributed by atoms with E-state index < -0.39 is 0 Å². The summed E-state index contributed by atoms with van der Waals surface area (Å²) in [4.78, 5) is 8.62. The normalized spacial score (nSPS) is 11.2. The second kappa shape index (κ2) is 7.00. The second-order valence-electron chi connectivity index (χ2n) is 5.88. The van der Waals surface area contributed by atoms with E-state index in [1.54, 1.807) is 22.7 Å². The van der Waals surface area contributed by atoms with Crippen molar-refractivity contribution in [2.24, 2.45) is 0 Å². The van der Waals surface area contributed by atoms with Gasteiger partial charge >= 0.3 is 0 Å². The van der Waals surface area contributed by atoms with Gasteiger partial charge < -0.3 is 15.6 Å². The number of aromatic nitrogens is 7. The zero-order chi connectivity index (χ0) is 18.8. The highest BCUT2D eigenvalue weighted by Gasteiger charge is 2.15. The van der Waals surface area contributed by atoms with Gasteiger partial charge in [-0.05, 0) is 12.1 Å². The zero-order valence-electron chi connectivity index (χ0n) is 14.6. The van der Waals surface area contributed by atoms with Crippen LogP contribution in [0.4, 0.5) is 5.95 Å². The number of ether oxygens (including phenoxy) is 1. The first-order valence-electron chi connectivity index (χ1n) is 8.32. The molecule has 0 atom stereocenters. The summed E-state index contributed by atoms with van der Waals surface area (Å²) in [5.74, 6) is 0.754. The van der Waals surface area contributed by atoms with E-state index in [2.05, 4.69) is 25.4 Å². The lowest BCUT2D eigenvalue weighted by Crippen LogP contribution is -2.05. The predicted molar refractivity (Wildman–Crippen MR) is 97.9 cm³/mol. The number of nitrogens with two attached hydrogens (primary N) is 1. The summed E-state index contributed by atoms with van der Waals surface area (Å²) >= 11 is 0. The topological polar surface area (TPSA) is 130 Å². The van der Waals surface area contributed by atoms with Crippen LogP contribution < -0.4 is 10.5 Å². The van der Waals surface area contributed by atoms with Crippen LogP contribution in [0.3, 0.4) is 0 Å². The Morgan fingerprint density at radius 3 is 2.89 bits per heavy atom. The maximum absolute atomic E-state index is 8.97. The molecule has 1 aromatic carbocycles. The third-order valence-electron chi connectivity index (χ3n) is 4.06. The number of aliphatic hydroxyl groups excluding tert-OH is 1. The van der Waals surface area contributed by atoms with Crippen molar-refractivity contribution in [3.63, 3.8) is 0 Å². The number of benzene rings is 1. The van der Waals surface area contributed by atoms with Crippen molar-refractivity contribution < 1.29 is 9.84 Å². The van der Waals surface area contributed by atoms with Gasteiger partial charge in [-0.2, -0.15) is 5.10 Å². The number of para-hydroxylation sites is 1. The second-order valence-corrected chi connectivity index (χ2v) is 5.88. The Morgan fingerprint density at radius 1 is 1.19 bits per heavy atom. The smallest absolute Gasteiger partial charge is 0.221 e. The standard InChI is InChI=1S/C17H18N8O2/c1-27-14-4-2-3-12-15(19-17(18)20-16(12)14)13-10-25(23-21-13)9-11-5-6-24(22-11)7-8-26/h2-6,10,26H,7-9H2,1H3,(H2,18,19,20). The molecule has 3 N–H and O–H groups in total. The highest BCUT2D eigenvalue weighted by atomic mass is 16.5. The van der Waals surface area contributed by atoms with E-state index in [0.717, 1.165) is 11.1 Å². The summed E-state index contributed by atoms with van der Waals surface area (Å²) in [7, 11) is 1.58. The van der Waals surface area contributed by atoms with E-state index in [1.165, 1.54) is 0 Å². The van der Waals surface area contributed by atoms with Gasteiger partial charge in [0.1, 0.15) is 22.7 Å². The number of hydrogen-bond acceptors (Lipinski definition) is 8. The molecule has 4 rings (SSSR count). The largest absolute Gasteiger partial charge is 0.494 e. The van der Waals surface area contributed by atoms with Gasteiger partial charge in [0.05, 0.1) is 38.7 Å². The van der Waals surface area contributed by atoms with Gasteiger partial charge in [0.2, 0.25) is 5.95 Å². The number of methoxy groups -OCH3 is 1. The monoisotopic (exact) mass is 366 g/mol. The van der Waals surface area contributed by atoms with Crippen LogP contribution in [0.25, 0.3) is 22.3 Å². The van der Waals surface area contributed by atoms with Crippen molar-refractivity contribution in [3.8, 4) is 17.1 Å². The molecule has 0 aliphatic carbocycles. The molecule has 0 radical (unpaired) electrons. The summed E-state index contributed by atoms with van der Waals surface area (Å²) in [5.41, 5.74) is 8.49. The molecular formula is C17H18N8O2. The Kier molecular flexibility index (Phi) is 4.38. The fourth-order valence-electron chi connectivity index (χ4n) is 2.87.